The van der Waals surface area contributed by atoms with Gasteiger partial charge in [-0.25, -0.2) is 4.98 Å². The van der Waals surface area contributed by atoms with E-state index in [-0.39, 0.29) is 17.3 Å². The van der Waals surface area contributed by atoms with Crippen LogP contribution in [0.5, 0.6) is 0 Å². The van der Waals surface area contributed by atoms with E-state index in [1.54, 1.807) is 11.3 Å². The lowest BCUT2D eigenvalue weighted by atomic mass is 9.93. The van der Waals surface area contributed by atoms with Crippen molar-refractivity contribution in [2.24, 2.45) is 5.92 Å². The summed E-state index contributed by atoms with van der Waals surface area (Å²) in [6.45, 7) is 11.7. The van der Waals surface area contributed by atoms with E-state index < -0.39 is 0 Å². The fourth-order valence-corrected chi connectivity index (χ4v) is 3.57. The van der Waals surface area contributed by atoms with E-state index in [0.29, 0.717) is 6.61 Å². The number of nitrogens with zero attached hydrogens (tertiary/aromatic N) is 2. The topological polar surface area (TPSA) is 42.4 Å². The van der Waals surface area contributed by atoms with Crippen LogP contribution in [0.2, 0.25) is 0 Å². The smallest absolute Gasteiger partial charge is 0.309 e. The van der Waals surface area contributed by atoms with Gasteiger partial charge < -0.3 is 4.74 Å². The van der Waals surface area contributed by atoms with E-state index in [9.17, 15) is 4.79 Å². The van der Waals surface area contributed by atoms with Crippen molar-refractivity contribution in [3.05, 3.63) is 16.1 Å². The highest BCUT2D eigenvalue weighted by Gasteiger charge is 2.26. The Hall–Kier alpha value is -0.940. The van der Waals surface area contributed by atoms with E-state index in [0.717, 1.165) is 32.5 Å². The summed E-state index contributed by atoms with van der Waals surface area (Å²) in [5.41, 5.74) is 1.29. The zero-order chi connectivity index (χ0) is 15.5. The molecule has 4 nitrogen and oxygen atoms in total. The maximum Gasteiger partial charge on any atom is 0.309 e. The Bertz CT molecular complexity index is 471. The Labute approximate surface area is 131 Å². The van der Waals surface area contributed by atoms with Gasteiger partial charge in [0.15, 0.2) is 0 Å². The van der Waals surface area contributed by atoms with Gasteiger partial charge in [0.05, 0.1) is 24.8 Å². The molecule has 1 aliphatic heterocycles. The summed E-state index contributed by atoms with van der Waals surface area (Å²) >= 11 is 1.74. The molecule has 118 valence electrons. The highest BCUT2D eigenvalue weighted by atomic mass is 32.1. The van der Waals surface area contributed by atoms with Crippen molar-refractivity contribution in [2.75, 3.05) is 19.7 Å². The molecule has 21 heavy (non-hydrogen) atoms. The van der Waals surface area contributed by atoms with Crippen LogP contribution in [-0.4, -0.2) is 35.5 Å². The molecule has 1 saturated heterocycles. The Morgan fingerprint density at radius 2 is 2.10 bits per heavy atom. The second kappa shape index (κ2) is 6.88. The number of carbonyl (C=O) groups is 1. The fraction of sp³-hybridized carbons (Fsp3) is 0.750. The number of hydrogen-bond acceptors (Lipinski definition) is 5. The molecule has 0 atom stereocenters. The fourth-order valence-electron chi connectivity index (χ4n) is 2.51. The molecule has 0 amide bonds. The summed E-state index contributed by atoms with van der Waals surface area (Å²) < 4.78 is 5.11. The predicted molar refractivity (Wildman–Crippen MR) is 85.4 cm³/mol. The highest BCUT2D eigenvalue weighted by molar-refractivity contribution is 7.09. The molecule has 2 rings (SSSR count). The summed E-state index contributed by atoms with van der Waals surface area (Å²) in [4.78, 5) is 18.9. The van der Waals surface area contributed by atoms with Gasteiger partial charge in [-0.2, -0.15) is 0 Å². The average Bonchev–Trinajstić information content (AvgIpc) is 2.88. The third-order valence-electron chi connectivity index (χ3n) is 3.89. The third kappa shape index (κ3) is 4.51. The van der Waals surface area contributed by atoms with Crippen LogP contribution in [0.3, 0.4) is 0 Å². The van der Waals surface area contributed by atoms with E-state index in [1.165, 1.54) is 10.7 Å². The molecule has 1 aromatic rings. The van der Waals surface area contributed by atoms with Crippen LogP contribution in [0.4, 0.5) is 0 Å². The standard InChI is InChI=1S/C16H26N2O2S/c1-5-20-15(19)12-6-8-18(9-7-12)10-14-17-13(11-21-14)16(2,3)4/h11-12H,5-10H2,1-4H3. The summed E-state index contributed by atoms with van der Waals surface area (Å²) in [6.07, 6.45) is 1.80. The Morgan fingerprint density at radius 3 is 2.62 bits per heavy atom. The molecule has 0 N–H and O–H groups in total. The van der Waals surface area contributed by atoms with Crippen molar-refractivity contribution >= 4 is 17.3 Å². The van der Waals surface area contributed by atoms with Crippen LogP contribution in [-0.2, 0) is 21.5 Å². The molecule has 0 saturated carbocycles. The lowest BCUT2D eigenvalue weighted by Crippen LogP contribution is -2.36. The molecule has 1 aromatic heterocycles. The monoisotopic (exact) mass is 310 g/mol. The Balaban J connectivity index is 1.83. The van der Waals surface area contributed by atoms with Crippen LogP contribution in [0.1, 0.15) is 51.2 Å². The minimum atomic E-state index is -0.0265. The van der Waals surface area contributed by atoms with Gasteiger partial charge in [0, 0.05) is 10.8 Å². The quantitative estimate of drug-likeness (QED) is 0.801. The first kappa shape index (κ1) is 16.4. The number of likely N-dealkylation sites (tertiary alicyclic amines) is 1. The van der Waals surface area contributed by atoms with Crippen molar-refractivity contribution in [1.82, 2.24) is 9.88 Å². The lowest BCUT2D eigenvalue weighted by molar-refractivity contribution is -0.149. The van der Waals surface area contributed by atoms with Crippen molar-refractivity contribution in [3.63, 3.8) is 0 Å². The van der Waals surface area contributed by atoms with Crippen LogP contribution in [0, 0.1) is 5.92 Å². The molecule has 0 unspecified atom stereocenters. The molecule has 1 aliphatic rings. The van der Waals surface area contributed by atoms with Gasteiger partial charge >= 0.3 is 5.97 Å². The number of rotatable bonds is 4. The van der Waals surface area contributed by atoms with Gasteiger partial charge in [0.2, 0.25) is 0 Å². The normalized spacial score (nSPS) is 17.9. The van der Waals surface area contributed by atoms with E-state index in [2.05, 4.69) is 31.1 Å². The minimum Gasteiger partial charge on any atom is -0.466 e. The second-order valence-corrected chi connectivity index (χ2v) is 7.62. The molecular weight excluding hydrogens is 284 g/mol. The van der Waals surface area contributed by atoms with Crippen molar-refractivity contribution in [2.45, 2.75) is 52.5 Å². The highest BCUT2D eigenvalue weighted by Crippen LogP contribution is 2.26. The molecule has 0 radical (unpaired) electrons. The predicted octanol–water partition coefficient (Wildman–Crippen LogP) is 3.22. The number of piperidine rings is 1. The summed E-state index contributed by atoms with van der Waals surface area (Å²) in [7, 11) is 0. The molecule has 0 bridgehead atoms. The SMILES string of the molecule is CCOC(=O)C1CCN(Cc2nc(C(C)(C)C)cs2)CC1. The zero-order valence-electron chi connectivity index (χ0n) is 13.5. The van der Waals surface area contributed by atoms with Crippen LogP contribution >= 0.6 is 11.3 Å². The Kier molecular flexibility index (Phi) is 5.38. The first-order chi connectivity index (χ1) is 9.90. The summed E-state index contributed by atoms with van der Waals surface area (Å²) in [5.74, 6) is 0.0593. The van der Waals surface area contributed by atoms with Gasteiger partial charge in [0.25, 0.3) is 0 Å². The minimum absolute atomic E-state index is 0.0265. The molecule has 0 aliphatic carbocycles. The van der Waals surface area contributed by atoms with Crippen molar-refractivity contribution < 1.29 is 9.53 Å². The number of thiazole rings is 1. The van der Waals surface area contributed by atoms with Gasteiger partial charge in [-0.3, -0.25) is 9.69 Å². The van der Waals surface area contributed by atoms with Crippen LogP contribution in [0.25, 0.3) is 0 Å². The molecule has 2 heterocycles. The van der Waals surface area contributed by atoms with E-state index in [1.807, 2.05) is 6.92 Å². The van der Waals surface area contributed by atoms with E-state index in [4.69, 9.17) is 9.72 Å². The van der Waals surface area contributed by atoms with Crippen molar-refractivity contribution in [3.8, 4) is 0 Å². The van der Waals surface area contributed by atoms with Crippen LogP contribution in [0.15, 0.2) is 5.38 Å². The average molecular weight is 310 g/mol. The molecule has 5 heteroatoms. The first-order valence-corrected chi connectivity index (χ1v) is 8.62. The van der Waals surface area contributed by atoms with Crippen molar-refractivity contribution in [1.29, 1.82) is 0 Å². The maximum atomic E-state index is 11.7. The largest absolute Gasteiger partial charge is 0.466 e. The molecule has 1 fully saturated rings. The van der Waals surface area contributed by atoms with E-state index >= 15 is 0 Å². The van der Waals surface area contributed by atoms with Gasteiger partial charge in [-0.05, 0) is 32.9 Å². The summed E-state index contributed by atoms with van der Waals surface area (Å²) in [5, 5.41) is 3.34. The zero-order valence-corrected chi connectivity index (χ0v) is 14.3. The van der Waals surface area contributed by atoms with Gasteiger partial charge in [-0.1, -0.05) is 20.8 Å². The maximum absolute atomic E-state index is 11.7. The molecule has 0 aromatic carbocycles. The third-order valence-corrected chi connectivity index (χ3v) is 4.72. The molecular formula is C16H26N2O2S. The summed E-state index contributed by atoms with van der Waals surface area (Å²) in [6, 6.07) is 0. The van der Waals surface area contributed by atoms with Gasteiger partial charge in [0.1, 0.15) is 5.01 Å². The van der Waals surface area contributed by atoms with Crippen LogP contribution < -0.4 is 0 Å². The number of ether oxygens (including phenoxy) is 1. The molecule has 0 spiro atoms. The second-order valence-electron chi connectivity index (χ2n) is 6.68. The first-order valence-electron chi connectivity index (χ1n) is 7.74. The number of carbonyl (C=O) groups excluding carboxylic acids is 1. The number of esters is 1. The number of aromatic nitrogens is 1. The van der Waals surface area contributed by atoms with Gasteiger partial charge in [-0.15, -0.1) is 11.3 Å². The number of hydrogen-bond donors (Lipinski definition) is 0. The lowest BCUT2D eigenvalue weighted by Gasteiger charge is -2.30. The Morgan fingerprint density at radius 1 is 1.43 bits per heavy atom.